The summed E-state index contributed by atoms with van der Waals surface area (Å²) in [6.45, 7) is 2.34. The van der Waals surface area contributed by atoms with Gasteiger partial charge in [-0.1, -0.05) is 0 Å². The summed E-state index contributed by atoms with van der Waals surface area (Å²) in [5, 5.41) is 23.3. The van der Waals surface area contributed by atoms with Gasteiger partial charge in [-0.15, -0.1) is 0 Å². The Bertz CT molecular complexity index is 461. The monoisotopic (exact) mass is 345 g/mol. The van der Waals surface area contributed by atoms with E-state index in [1.807, 2.05) is 6.07 Å². The number of nitrogens with one attached hydrogen (secondary N) is 1. The van der Waals surface area contributed by atoms with E-state index >= 15 is 0 Å². The molecule has 20 heavy (non-hydrogen) atoms. The van der Waals surface area contributed by atoms with Crippen LogP contribution in [0.3, 0.4) is 0 Å². The Morgan fingerprint density at radius 1 is 1.40 bits per heavy atom. The minimum absolute atomic E-state index is 0.0966. The molecule has 5 nitrogen and oxygen atoms in total. The lowest BCUT2D eigenvalue weighted by Gasteiger charge is -2.32. The zero-order valence-electron chi connectivity index (χ0n) is 11.5. The van der Waals surface area contributed by atoms with Gasteiger partial charge in [0.05, 0.1) is 17.2 Å². The van der Waals surface area contributed by atoms with Crippen LogP contribution in [-0.4, -0.2) is 42.7 Å². The first-order chi connectivity index (χ1) is 9.54. The molecular formula is C14H20BrNO4. The third-order valence-electron chi connectivity index (χ3n) is 3.51. The van der Waals surface area contributed by atoms with E-state index < -0.39 is 5.60 Å². The van der Waals surface area contributed by atoms with Gasteiger partial charge in [-0.2, -0.15) is 0 Å². The fourth-order valence-corrected chi connectivity index (χ4v) is 2.74. The van der Waals surface area contributed by atoms with Gasteiger partial charge in [0.15, 0.2) is 11.5 Å². The lowest BCUT2D eigenvalue weighted by atomic mass is 9.94. The molecule has 1 fully saturated rings. The van der Waals surface area contributed by atoms with Crippen LogP contribution in [0.15, 0.2) is 16.6 Å². The van der Waals surface area contributed by atoms with Crippen molar-refractivity contribution in [2.24, 2.45) is 0 Å². The van der Waals surface area contributed by atoms with Crippen LogP contribution < -0.4 is 10.1 Å². The number of rotatable bonds is 5. The normalized spacial score (nSPS) is 17.9. The Morgan fingerprint density at radius 3 is 2.75 bits per heavy atom. The van der Waals surface area contributed by atoms with E-state index in [4.69, 9.17) is 9.47 Å². The van der Waals surface area contributed by atoms with Crippen LogP contribution in [-0.2, 0) is 11.3 Å². The van der Waals surface area contributed by atoms with E-state index in [-0.39, 0.29) is 5.75 Å². The molecule has 1 aliphatic rings. The molecular weight excluding hydrogens is 326 g/mol. The number of hydrogen-bond donors (Lipinski definition) is 3. The van der Waals surface area contributed by atoms with Crippen molar-refractivity contribution in [1.82, 2.24) is 5.32 Å². The number of phenols is 1. The number of phenolic OH excluding ortho intramolecular Hbond substituents is 1. The third kappa shape index (κ3) is 3.85. The molecule has 3 N–H and O–H groups in total. The number of halogens is 1. The van der Waals surface area contributed by atoms with E-state index in [9.17, 15) is 10.2 Å². The maximum Gasteiger partial charge on any atom is 0.172 e. The average molecular weight is 346 g/mol. The Balaban J connectivity index is 1.92. The van der Waals surface area contributed by atoms with Gasteiger partial charge in [0.25, 0.3) is 0 Å². The fraction of sp³-hybridized carbons (Fsp3) is 0.571. The number of benzene rings is 1. The molecule has 1 aromatic rings. The van der Waals surface area contributed by atoms with Crippen LogP contribution in [0.1, 0.15) is 18.4 Å². The lowest BCUT2D eigenvalue weighted by Crippen LogP contribution is -2.44. The maximum absolute atomic E-state index is 10.3. The topological polar surface area (TPSA) is 71.0 Å². The quantitative estimate of drug-likeness (QED) is 0.758. The van der Waals surface area contributed by atoms with Crippen molar-refractivity contribution in [3.05, 3.63) is 22.2 Å². The Morgan fingerprint density at radius 2 is 2.10 bits per heavy atom. The van der Waals surface area contributed by atoms with Crippen LogP contribution in [0.5, 0.6) is 11.5 Å². The molecule has 1 heterocycles. The van der Waals surface area contributed by atoms with Gasteiger partial charge in [-0.3, -0.25) is 0 Å². The van der Waals surface area contributed by atoms with E-state index in [0.717, 1.165) is 5.56 Å². The molecule has 1 aromatic carbocycles. The number of methoxy groups -OCH3 is 1. The third-order valence-corrected chi connectivity index (χ3v) is 4.12. The highest BCUT2D eigenvalue weighted by molar-refractivity contribution is 9.10. The number of aromatic hydroxyl groups is 1. The largest absolute Gasteiger partial charge is 0.503 e. The highest BCUT2D eigenvalue weighted by Crippen LogP contribution is 2.35. The molecule has 0 aliphatic carbocycles. The molecule has 0 amide bonds. The highest BCUT2D eigenvalue weighted by atomic mass is 79.9. The molecule has 1 aliphatic heterocycles. The predicted molar refractivity (Wildman–Crippen MR) is 79.1 cm³/mol. The number of aliphatic hydroxyl groups is 1. The summed E-state index contributed by atoms with van der Waals surface area (Å²) < 4.78 is 11.0. The molecule has 0 atom stereocenters. The standard InChI is InChI=1S/C14H20BrNO4/c1-19-12-7-10(6-11(15)13(12)17)8-16-9-14(18)2-4-20-5-3-14/h6-7,16-18H,2-5,8-9H2,1H3. The lowest BCUT2D eigenvalue weighted by molar-refractivity contribution is -0.0617. The minimum Gasteiger partial charge on any atom is -0.503 e. The molecule has 0 aromatic heterocycles. The summed E-state index contributed by atoms with van der Waals surface area (Å²) >= 11 is 3.29. The Labute approximate surface area is 127 Å². The van der Waals surface area contributed by atoms with Crippen molar-refractivity contribution in [1.29, 1.82) is 0 Å². The summed E-state index contributed by atoms with van der Waals surface area (Å²) in [6, 6.07) is 3.61. The van der Waals surface area contributed by atoms with Gasteiger partial charge in [-0.05, 0) is 33.6 Å². The van der Waals surface area contributed by atoms with Crippen molar-refractivity contribution in [2.75, 3.05) is 26.9 Å². The predicted octanol–water partition coefficient (Wildman–Crippen LogP) is 1.79. The number of hydrogen-bond acceptors (Lipinski definition) is 5. The summed E-state index contributed by atoms with van der Waals surface area (Å²) in [5.41, 5.74) is 0.290. The summed E-state index contributed by atoms with van der Waals surface area (Å²) in [7, 11) is 1.52. The molecule has 6 heteroatoms. The Hall–Kier alpha value is -0.820. The maximum atomic E-state index is 10.3. The van der Waals surface area contributed by atoms with Crippen molar-refractivity contribution in [2.45, 2.75) is 25.0 Å². The Kier molecular flexibility index (Phi) is 5.26. The van der Waals surface area contributed by atoms with Crippen molar-refractivity contribution >= 4 is 15.9 Å². The van der Waals surface area contributed by atoms with E-state index in [0.29, 0.717) is 49.4 Å². The zero-order valence-corrected chi connectivity index (χ0v) is 13.1. The summed E-state index contributed by atoms with van der Waals surface area (Å²) in [4.78, 5) is 0. The SMILES string of the molecule is COc1cc(CNCC2(O)CCOCC2)cc(Br)c1O. The second kappa shape index (κ2) is 6.76. The van der Waals surface area contributed by atoms with E-state index in [1.54, 1.807) is 6.07 Å². The molecule has 1 saturated heterocycles. The molecule has 0 bridgehead atoms. The molecule has 0 unspecified atom stereocenters. The van der Waals surface area contributed by atoms with Gasteiger partial charge in [-0.25, -0.2) is 0 Å². The van der Waals surface area contributed by atoms with Crippen LogP contribution in [0.2, 0.25) is 0 Å². The summed E-state index contributed by atoms with van der Waals surface area (Å²) in [6.07, 6.45) is 1.31. The van der Waals surface area contributed by atoms with E-state index in [2.05, 4.69) is 21.2 Å². The van der Waals surface area contributed by atoms with Crippen molar-refractivity contribution < 1.29 is 19.7 Å². The fourth-order valence-electron chi connectivity index (χ4n) is 2.25. The van der Waals surface area contributed by atoms with Gasteiger partial charge < -0.3 is 25.0 Å². The van der Waals surface area contributed by atoms with Crippen molar-refractivity contribution in [3.8, 4) is 11.5 Å². The molecule has 112 valence electrons. The smallest absolute Gasteiger partial charge is 0.172 e. The first-order valence-electron chi connectivity index (χ1n) is 6.60. The average Bonchev–Trinajstić information content (AvgIpc) is 2.43. The van der Waals surface area contributed by atoms with Gasteiger partial charge in [0.1, 0.15) is 0 Å². The molecule has 0 spiro atoms. The second-order valence-corrected chi connectivity index (χ2v) is 5.92. The summed E-state index contributed by atoms with van der Waals surface area (Å²) in [5.74, 6) is 0.528. The van der Waals surface area contributed by atoms with Gasteiger partial charge in [0, 0.05) is 39.1 Å². The van der Waals surface area contributed by atoms with Crippen LogP contribution in [0.4, 0.5) is 0 Å². The molecule has 0 radical (unpaired) electrons. The van der Waals surface area contributed by atoms with Gasteiger partial charge in [0.2, 0.25) is 0 Å². The molecule has 2 rings (SSSR count). The minimum atomic E-state index is -0.684. The zero-order chi connectivity index (χ0) is 14.6. The second-order valence-electron chi connectivity index (χ2n) is 5.07. The molecule has 0 saturated carbocycles. The first-order valence-corrected chi connectivity index (χ1v) is 7.39. The first kappa shape index (κ1) is 15.6. The van der Waals surface area contributed by atoms with Crippen molar-refractivity contribution in [3.63, 3.8) is 0 Å². The highest BCUT2D eigenvalue weighted by Gasteiger charge is 2.29. The van der Waals surface area contributed by atoms with Gasteiger partial charge >= 0.3 is 0 Å². The van der Waals surface area contributed by atoms with Crippen LogP contribution in [0.25, 0.3) is 0 Å². The number of ether oxygens (including phenoxy) is 2. The van der Waals surface area contributed by atoms with Crippen LogP contribution >= 0.6 is 15.9 Å². The van der Waals surface area contributed by atoms with E-state index in [1.165, 1.54) is 7.11 Å². The van der Waals surface area contributed by atoms with Crippen LogP contribution in [0, 0.1) is 0 Å².